The minimum Gasteiger partial charge on any atom is -0.481 e. The number of carbonyl (C=O) groups excluding carboxylic acids is 2. The largest absolute Gasteiger partial charge is 0.481 e. The maximum Gasteiger partial charge on any atom is 0.407 e. The first-order valence-corrected chi connectivity index (χ1v) is 11.6. The number of hydrogen-bond acceptors (Lipinski definition) is 4. The lowest BCUT2D eigenvalue weighted by atomic mass is 9.94. The van der Waals surface area contributed by atoms with Gasteiger partial charge in [-0.1, -0.05) is 67.8 Å². The highest BCUT2D eigenvalue weighted by Crippen LogP contribution is 2.44. The van der Waals surface area contributed by atoms with Gasteiger partial charge in [-0.05, 0) is 42.0 Å². The number of nitrogens with one attached hydrogen (secondary N) is 2. The fourth-order valence-corrected chi connectivity index (χ4v) is 4.97. The minimum absolute atomic E-state index is 0.0606. The number of hydrogen-bond donors (Lipinski definition) is 3. The molecule has 3 atom stereocenters. The molecule has 2 aromatic carbocycles. The molecule has 1 saturated carbocycles. The topological polar surface area (TPSA) is 105 Å². The van der Waals surface area contributed by atoms with Crippen molar-refractivity contribution in [1.82, 2.24) is 10.6 Å². The van der Waals surface area contributed by atoms with Gasteiger partial charge in [-0.3, -0.25) is 9.59 Å². The molecule has 4 rings (SSSR count). The van der Waals surface area contributed by atoms with E-state index < -0.39 is 36.0 Å². The Labute approximate surface area is 193 Å². The highest BCUT2D eigenvalue weighted by atomic mass is 16.5. The number of rotatable bonds is 6. The Morgan fingerprint density at radius 3 is 2.21 bits per heavy atom. The summed E-state index contributed by atoms with van der Waals surface area (Å²) in [5.74, 6) is -1.95. The average molecular weight is 451 g/mol. The van der Waals surface area contributed by atoms with Crippen molar-refractivity contribution in [3.05, 3.63) is 59.7 Å². The Bertz CT molecular complexity index is 991. The first-order chi connectivity index (χ1) is 16.0. The lowest BCUT2D eigenvalue weighted by Gasteiger charge is -2.25. The van der Waals surface area contributed by atoms with Crippen LogP contribution in [0.4, 0.5) is 4.79 Å². The third-order valence-electron chi connectivity index (χ3n) is 6.73. The SMILES string of the molecule is C[C@H](NC(=O)OCC1c2ccccc2-c2ccccc21)C(=O)N[C@@H]1CCCCC[C@@H]1C(=O)O. The summed E-state index contributed by atoms with van der Waals surface area (Å²) in [6.07, 6.45) is 3.19. The van der Waals surface area contributed by atoms with Gasteiger partial charge in [-0.2, -0.15) is 0 Å². The number of carboxylic acids is 1. The first-order valence-electron chi connectivity index (χ1n) is 11.6. The van der Waals surface area contributed by atoms with Gasteiger partial charge >= 0.3 is 12.1 Å². The molecule has 7 nitrogen and oxygen atoms in total. The molecule has 0 aliphatic heterocycles. The Hall–Kier alpha value is -3.35. The maximum atomic E-state index is 12.6. The van der Waals surface area contributed by atoms with Gasteiger partial charge in [-0.25, -0.2) is 4.79 Å². The quantitative estimate of drug-likeness (QED) is 0.576. The molecule has 33 heavy (non-hydrogen) atoms. The monoisotopic (exact) mass is 450 g/mol. The molecule has 0 aromatic heterocycles. The van der Waals surface area contributed by atoms with E-state index in [0.717, 1.165) is 41.5 Å². The van der Waals surface area contributed by atoms with Crippen molar-refractivity contribution in [3.63, 3.8) is 0 Å². The molecule has 7 heteroatoms. The van der Waals surface area contributed by atoms with Crippen molar-refractivity contribution in [2.24, 2.45) is 5.92 Å². The molecule has 3 N–H and O–H groups in total. The lowest BCUT2D eigenvalue weighted by Crippen LogP contribution is -2.51. The lowest BCUT2D eigenvalue weighted by molar-refractivity contribution is -0.143. The predicted molar refractivity (Wildman–Crippen MR) is 124 cm³/mol. The van der Waals surface area contributed by atoms with Gasteiger partial charge in [0.05, 0.1) is 5.92 Å². The van der Waals surface area contributed by atoms with E-state index in [4.69, 9.17) is 4.74 Å². The molecule has 2 aliphatic rings. The molecule has 0 saturated heterocycles. The number of aliphatic carboxylic acids is 1. The van der Waals surface area contributed by atoms with E-state index in [-0.39, 0.29) is 12.5 Å². The number of ether oxygens (including phenoxy) is 1. The maximum absolute atomic E-state index is 12.6. The average Bonchev–Trinajstić information content (AvgIpc) is 2.94. The summed E-state index contributed by atoms with van der Waals surface area (Å²) in [6, 6.07) is 14.9. The zero-order valence-corrected chi connectivity index (χ0v) is 18.8. The first kappa shape index (κ1) is 22.8. The molecule has 0 heterocycles. The molecule has 1 fully saturated rings. The van der Waals surface area contributed by atoms with Crippen LogP contribution in [0.25, 0.3) is 11.1 Å². The fourth-order valence-electron chi connectivity index (χ4n) is 4.97. The van der Waals surface area contributed by atoms with Crippen LogP contribution in [-0.2, 0) is 14.3 Å². The van der Waals surface area contributed by atoms with Gasteiger partial charge in [0, 0.05) is 12.0 Å². The number of alkyl carbamates (subject to hydrolysis) is 1. The second-order valence-electron chi connectivity index (χ2n) is 8.89. The zero-order chi connectivity index (χ0) is 23.4. The van der Waals surface area contributed by atoms with Crippen molar-refractivity contribution in [1.29, 1.82) is 0 Å². The van der Waals surface area contributed by atoms with Gasteiger partial charge in [0.1, 0.15) is 12.6 Å². The van der Waals surface area contributed by atoms with Crippen molar-refractivity contribution in [3.8, 4) is 11.1 Å². The van der Waals surface area contributed by atoms with Crippen LogP contribution in [0, 0.1) is 5.92 Å². The van der Waals surface area contributed by atoms with Crippen molar-refractivity contribution < 1.29 is 24.2 Å². The zero-order valence-electron chi connectivity index (χ0n) is 18.8. The van der Waals surface area contributed by atoms with Gasteiger partial charge in [0.25, 0.3) is 0 Å². The fraction of sp³-hybridized carbons (Fsp3) is 0.423. The highest BCUT2D eigenvalue weighted by molar-refractivity contribution is 5.86. The van der Waals surface area contributed by atoms with E-state index in [2.05, 4.69) is 22.8 Å². The second-order valence-corrected chi connectivity index (χ2v) is 8.89. The molecule has 174 valence electrons. The van der Waals surface area contributed by atoms with Crippen molar-refractivity contribution >= 4 is 18.0 Å². The third kappa shape index (κ3) is 5.02. The van der Waals surface area contributed by atoms with Crippen LogP contribution in [-0.4, -0.2) is 41.8 Å². The number of carboxylic acid groups (broad SMARTS) is 1. The molecule has 0 spiro atoms. The van der Waals surface area contributed by atoms with Crippen molar-refractivity contribution in [2.75, 3.05) is 6.61 Å². The second kappa shape index (κ2) is 10.1. The Kier molecular flexibility index (Phi) is 6.96. The van der Waals surface area contributed by atoms with E-state index in [1.807, 2.05) is 36.4 Å². The Morgan fingerprint density at radius 1 is 0.970 bits per heavy atom. The summed E-state index contributed by atoms with van der Waals surface area (Å²) in [7, 11) is 0. The molecular formula is C26H30N2O5. The van der Waals surface area contributed by atoms with Crippen LogP contribution < -0.4 is 10.6 Å². The molecule has 2 amide bonds. The van der Waals surface area contributed by atoms with Gasteiger partial charge in [0.2, 0.25) is 5.91 Å². The normalized spacial score (nSPS) is 20.6. The molecule has 0 radical (unpaired) electrons. The van der Waals surface area contributed by atoms with Crippen molar-refractivity contribution in [2.45, 2.75) is 57.0 Å². The Morgan fingerprint density at radius 2 is 1.58 bits per heavy atom. The number of benzene rings is 2. The van der Waals surface area contributed by atoms with Crippen LogP contribution in [0.1, 0.15) is 56.1 Å². The Balaban J connectivity index is 1.33. The van der Waals surface area contributed by atoms with E-state index >= 15 is 0 Å². The highest BCUT2D eigenvalue weighted by Gasteiger charge is 2.32. The summed E-state index contributed by atoms with van der Waals surface area (Å²) in [5.41, 5.74) is 4.52. The number of carbonyl (C=O) groups is 3. The van der Waals surface area contributed by atoms with E-state index in [9.17, 15) is 19.5 Å². The van der Waals surface area contributed by atoms with Crippen LogP contribution in [0.5, 0.6) is 0 Å². The summed E-state index contributed by atoms with van der Waals surface area (Å²) in [4.78, 5) is 36.7. The summed E-state index contributed by atoms with van der Waals surface area (Å²) in [6.45, 7) is 1.74. The predicted octanol–water partition coefficient (Wildman–Crippen LogP) is 4.06. The van der Waals surface area contributed by atoms with E-state index in [0.29, 0.717) is 12.8 Å². The van der Waals surface area contributed by atoms with Gasteiger partial charge < -0.3 is 20.5 Å². The molecule has 0 unspecified atom stereocenters. The summed E-state index contributed by atoms with van der Waals surface area (Å²) >= 11 is 0. The molecule has 2 aromatic rings. The number of amides is 2. The van der Waals surface area contributed by atoms with Crippen LogP contribution in [0.3, 0.4) is 0 Å². The molecule has 0 bridgehead atoms. The standard InChI is InChI=1S/C26H30N2O5/c1-16(24(29)28-23-14-4-2-3-13-21(23)25(30)31)27-26(32)33-15-22-19-11-7-5-9-17(19)18-10-6-8-12-20(18)22/h5-12,16,21-23H,2-4,13-15H2,1H3,(H,27,32)(H,28,29)(H,30,31)/t16-,21-,23+/m0/s1. The summed E-state index contributed by atoms with van der Waals surface area (Å²) < 4.78 is 5.51. The third-order valence-corrected chi connectivity index (χ3v) is 6.73. The minimum atomic E-state index is -0.889. The van der Waals surface area contributed by atoms with E-state index in [1.165, 1.54) is 0 Å². The molecular weight excluding hydrogens is 420 g/mol. The van der Waals surface area contributed by atoms with E-state index in [1.54, 1.807) is 6.92 Å². The molecule has 2 aliphatic carbocycles. The van der Waals surface area contributed by atoms with Gasteiger partial charge in [-0.15, -0.1) is 0 Å². The van der Waals surface area contributed by atoms with Crippen LogP contribution >= 0.6 is 0 Å². The van der Waals surface area contributed by atoms with Crippen LogP contribution in [0.15, 0.2) is 48.5 Å². The van der Waals surface area contributed by atoms with Crippen LogP contribution in [0.2, 0.25) is 0 Å². The smallest absolute Gasteiger partial charge is 0.407 e. The number of fused-ring (bicyclic) bond motifs is 3. The van der Waals surface area contributed by atoms with Gasteiger partial charge in [0.15, 0.2) is 0 Å². The summed E-state index contributed by atoms with van der Waals surface area (Å²) in [5, 5.41) is 14.9.